The molecule has 3 rings (SSSR count). The largest absolute Gasteiger partial charge is 0.497 e. The standard InChI is InChI=1S/C25H34N2O4S/c1-19-16-22(30-4)17-20(2)24(19)32-26(3)14-15-31-18-23(28)27-12-10-25(29,11-13-27)21-8-6-5-7-9-21/h5-9,16-17,29H,10-15,18H2,1-4H3. The first kappa shape index (κ1) is 24.6. The molecule has 0 radical (unpaired) electrons. The van der Waals surface area contributed by atoms with Crippen molar-refractivity contribution in [1.82, 2.24) is 9.21 Å². The van der Waals surface area contributed by atoms with E-state index in [0.717, 1.165) is 11.3 Å². The fraction of sp³-hybridized carbons (Fsp3) is 0.480. The minimum Gasteiger partial charge on any atom is -0.497 e. The van der Waals surface area contributed by atoms with Gasteiger partial charge in [0, 0.05) is 24.5 Å². The number of benzene rings is 2. The number of piperidine rings is 1. The van der Waals surface area contributed by atoms with Crippen LogP contribution in [0.25, 0.3) is 0 Å². The van der Waals surface area contributed by atoms with Crippen molar-refractivity contribution in [2.24, 2.45) is 0 Å². The van der Waals surface area contributed by atoms with E-state index in [2.05, 4.69) is 18.2 Å². The molecule has 0 aliphatic carbocycles. The molecule has 0 spiro atoms. The quantitative estimate of drug-likeness (QED) is 0.456. The second-order valence-corrected chi connectivity index (χ2v) is 9.58. The number of carbonyl (C=O) groups excluding carboxylic acids is 1. The van der Waals surface area contributed by atoms with Crippen molar-refractivity contribution in [1.29, 1.82) is 0 Å². The Morgan fingerprint density at radius 2 is 1.78 bits per heavy atom. The van der Waals surface area contributed by atoms with Crippen LogP contribution in [-0.4, -0.2) is 67.2 Å². The molecule has 0 bridgehead atoms. The number of hydrogen-bond donors (Lipinski definition) is 1. The maximum Gasteiger partial charge on any atom is 0.248 e. The first-order valence-electron chi connectivity index (χ1n) is 11.0. The molecule has 1 aliphatic heterocycles. The Kier molecular flexibility index (Phi) is 8.59. The van der Waals surface area contributed by atoms with Crippen LogP contribution in [-0.2, 0) is 15.1 Å². The fourth-order valence-electron chi connectivity index (χ4n) is 3.98. The van der Waals surface area contributed by atoms with Crippen molar-refractivity contribution < 1.29 is 19.4 Å². The van der Waals surface area contributed by atoms with Gasteiger partial charge in [0.2, 0.25) is 5.91 Å². The molecule has 0 aromatic heterocycles. The Bertz CT molecular complexity index is 875. The molecule has 0 atom stereocenters. The SMILES string of the molecule is COc1cc(C)c(SN(C)CCOCC(=O)N2CCC(O)(c3ccccc3)CC2)c(C)c1. The molecule has 32 heavy (non-hydrogen) atoms. The van der Waals surface area contributed by atoms with Gasteiger partial charge in [-0.25, -0.2) is 4.31 Å². The lowest BCUT2D eigenvalue weighted by Crippen LogP contribution is -2.46. The van der Waals surface area contributed by atoms with E-state index in [0.29, 0.717) is 39.1 Å². The summed E-state index contributed by atoms with van der Waals surface area (Å²) in [6.45, 7) is 6.50. The summed E-state index contributed by atoms with van der Waals surface area (Å²) >= 11 is 1.68. The molecule has 1 saturated heterocycles. The van der Waals surface area contributed by atoms with Gasteiger partial charge in [-0.05, 0) is 74.5 Å². The predicted octanol–water partition coefficient (Wildman–Crippen LogP) is 3.78. The van der Waals surface area contributed by atoms with Crippen molar-refractivity contribution in [2.75, 3.05) is 47.0 Å². The zero-order chi connectivity index (χ0) is 23.1. The summed E-state index contributed by atoms with van der Waals surface area (Å²) in [4.78, 5) is 15.5. The van der Waals surface area contributed by atoms with Crippen molar-refractivity contribution in [3.63, 3.8) is 0 Å². The Balaban J connectivity index is 1.38. The van der Waals surface area contributed by atoms with Gasteiger partial charge >= 0.3 is 0 Å². The minimum atomic E-state index is -0.851. The maximum absolute atomic E-state index is 12.5. The number of ether oxygens (including phenoxy) is 2. The van der Waals surface area contributed by atoms with Crippen LogP contribution in [0.4, 0.5) is 0 Å². The van der Waals surface area contributed by atoms with Gasteiger partial charge in [-0.2, -0.15) is 0 Å². The summed E-state index contributed by atoms with van der Waals surface area (Å²) < 4.78 is 13.1. The van der Waals surface area contributed by atoms with Crippen LogP contribution in [0, 0.1) is 13.8 Å². The number of nitrogens with zero attached hydrogens (tertiary/aromatic N) is 2. The van der Waals surface area contributed by atoms with E-state index in [1.165, 1.54) is 16.0 Å². The van der Waals surface area contributed by atoms with Crippen molar-refractivity contribution in [3.8, 4) is 5.75 Å². The third-order valence-electron chi connectivity index (χ3n) is 5.95. The summed E-state index contributed by atoms with van der Waals surface area (Å²) in [5, 5.41) is 10.9. The molecule has 7 heteroatoms. The number of rotatable bonds is 9. The molecule has 174 valence electrons. The van der Waals surface area contributed by atoms with Gasteiger partial charge in [-0.3, -0.25) is 4.79 Å². The van der Waals surface area contributed by atoms with Gasteiger partial charge in [-0.1, -0.05) is 30.3 Å². The van der Waals surface area contributed by atoms with Gasteiger partial charge in [0.1, 0.15) is 12.4 Å². The molecule has 0 saturated carbocycles. The second-order valence-electron chi connectivity index (χ2n) is 8.36. The highest BCUT2D eigenvalue weighted by Crippen LogP contribution is 2.33. The van der Waals surface area contributed by atoms with Crippen molar-refractivity contribution in [2.45, 2.75) is 37.2 Å². The van der Waals surface area contributed by atoms with E-state index in [4.69, 9.17) is 9.47 Å². The van der Waals surface area contributed by atoms with Crippen LogP contribution in [0.3, 0.4) is 0 Å². The highest BCUT2D eigenvalue weighted by Gasteiger charge is 2.35. The predicted molar refractivity (Wildman–Crippen MR) is 128 cm³/mol. The highest BCUT2D eigenvalue weighted by atomic mass is 32.2. The minimum absolute atomic E-state index is 0.0164. The van der Waals surface area contributed by atoms with Crippen molar-refractivity contribution in [3.05, 3.63) is 59.2 Å². The third-order valence-corrected chi connectivity index (χ3v) is 7.27. The number of likely N-dealkylation sites (tertiary alicyclic amines) is 1. The van der Waals surface area contributed by atoms with E-state index in [1.54, 1.807) is 24.0 Å². The summed E-state index contributed by atoms with van der Waals surface area (Å²) in [5.74, 6) is 0.853. The molecular weight excluding hydrogens is 424 g/mol. The lowest BCUT2D eigenvalue weighted by molar-refractivity contribution is -0.140. The van der Waals surface area contributed by atoms with Crippen LogP contribution in [0.1, 0.15) is 29.5 Å². The van der Waals surface area contributed by atoms with Gasteiger partial charge in [0.15, 0.2) is 0 Å². The smallest absolute Gasteiger partial charge is 0.248 e. The second kappa shape index (κ2) is 11.2. The third kappa shape index (κ3) is 6.25. The summed E-state index contributed by atoms with van der Waals surface area (Å²) in [5.41, 5.74) is 2.42. The molecule has 1 fully saturated rings. The van der Waals surface area contributed by atoms with Gasteiger partial charge in [0.05, 0.1) is 19.3 Å². The molecule has 1 aliphatic rings. The topological polar surface area (TPSA) is 62.2 Å². The number of aliphatic hydroxyl groups is 1. The lowest BCUT2D eigenvalue weighted by Gasteiger charge is -2.38. The average Bonchev–Trinajstić information content (AvgIpc) is 2.80. The molecule has 2 aromatic carbocycles. The number of carbonyl (C=O) groups is 1. The molecule has 1 heterocycles. The Labute approximate surface area is 195 Å². The first-order chi connectivity index (χ1) is 15.3. The molecular formula is C25H34N2O4S. The number of aryl methyl sites for hydroxylation is 2. The van der Waals surface area contributed by atoms with E-state index in [-0.39, 0.29) is 12.5 Å². The Hall–Kier alpha value is -2.06. The number of amides is 1. The number of likely N-dealkylation sites (N-methyl/N-ethyl adjacent to an activating group) is 1. The van der Waals surface area contributed by atoms with E-state index >= 15 is 0 Å². The molecule has 6 nitrogen and oxygen atoms in total. The molecule has 1 N–H and O–H groups in total. The van der Waals surface area contributed by atoms with Crippen LogP contribution < -0.4 is 4.74 Å². The van der Waals surface area contributed by atoms with E-state index in [9.17, 15) is 9.90 Å². The lowest BCUT2D eigenvalue weighted by atomic mass is 9.84. The van der Waals surface area contributed by atoms with Crippen LogP contribution in [0.2, 0.25) is 0 Å². The monoisotopic (exact) mass is 458 g/mol. The zero-order valence-corrected chi connectivity index (χ0v) is 20.3. The van der Waals surface area contributed by atoms with Gasteiger partial charge < -0.3 is 19.5 Å². The van der Waals surface area contributed by atoms with Gasteiger partial charge in [-0.15, -0.1) is 0 Å². The normalized spacial score (nSPS) is 15.8. The zero-order valence-electron chi connectivity index (χ0n) is 19.5. The van der Waals surface area contributed by atoms with E-state index < -0.39 is 5.60 Å². The summed E-state index contributed by atoms with van der Waals surface area (Å²) in [7, 11) is 3.70. The molecule has 1 amide bonds. The van der Waals surface area contributed by atoms with Crippen molar-refractivity contribution >= 4 is 17.9 Å². The Morgan fingerprint density at radius 1 is 1.16 bits per heavy atom. The van der Waals surface area contributed by atoms with Crippen LogP contribution in [0.15, 0.2) is 47.4 Å². The van der Waals surface area contributed by atoms with Crippen LogP contribution in [0.5, 0.6) is 5.75 Å². The van der Waals surface area contributed by atoms with Gasteiger partial charge in [0.25, 0.3) is 0 Å². The Morgan fingerprint density at radius 3 is 2.38 bits per heavy atom. The number of hydrogen-bond acceptors (Lipinski definition) is 6. The van der Waals surface area contributed by atoms with Crippen LogP contribution >= 0.6 is 11.9 Å². The number of methoxy groups -OCH3 is 1. The first-order valence-corrected chi connectivity index (χ1v) is 11.8. The van der Waals surface area contributed by atoms with E-state index in [1.807, 2.05) is 49.5 Å². The summed E-state index contributed by atoms with van der Waals surface area (Å²) in [6.07, 6.45) is 1.09. The molecule has 2 aromatic rings. The average molecular weight is 459 g/mol. The summed E-state index contributed by atoms with van der Waals surface area (Å²) in [6, 6.07) is 13.8. The fourth-order valence-corrected chi connectivity index (χ4v) is 4.86. The molecule has 0 unspecified atom stereocenters. The maximum atomic E-state index is 12.5. The highest BCUT2D eigenvalue weighted by molar-refractivity contribution is 7.97.